The van der Waals surface area contributed by atoms with E-state index in [2.05, 4.69) is 0 Å². The van der Waals surface area contributed by atoms with Crippen molar-refractivity contribution in [1.29, 1.82) is 0 Å². The lowest BCUT2D eigenvalue weighted by atomic mass is 9.83. The molecular formula is C26H29NO5. The van der Waals surface area contributed by atoms with Gasteiger partial charge in [-0.25, -0.2) is 4.79 Å². The molecule has 2 heterocycles. The second-order valence-electron chi connectivity index (χ2n) is 8.19. The monoisotopic (exact) mass is 435 g/mol. The summed E-state index contributed by atoms with van der Waals surface area (Å²) in [5.41, 5.74) is 2.09. The summed E-state index contributed by atoms with van der Waals surface area (Å²) in [6.07, 6.45) is 0.998. The maximum absolute atomic E-state index is 13.5. The molecule has 0 aliphatic carbocycles. The van der Waals surface area contributed by atoms with Gasteiger partial charge in [0.25, 0.3) is 0 Å². The molecule has 6 nitrogen and oxygen atoms in total. The van der Waals surface area contributed by atoms with Gasteiger partial charge in [-0.2, -0.15) is 0 Å². The number of carbonyl (C=O) groups is 2. The van der Waals surface area contributed by atoms with Gasteiger partial charge in [-0.05, 0) is 31.1 Å². The molecule has 168 valence electrons. The van der Waals surface area contributed by atoms with Gasteiger partial charge in [0.15, 0.2) is 0 Å². The fourth-order valence-electron chi connectivity index (χ4n) is 4.59. The number of nitrogens with zero attached hydrogens (tertiary/aromatic N) is 1. The van der Waals surface area contributed by atoms with Crippen LogP contribution in [0.4, 0.5) is 0 Å². The first-order chi connectivity index (χ1) is 15.6. The third-order valence-corrected chi connectivity index (χ3v) is 6.02. The summed E-state index contributed by atoms with van der Waals surface area (Å²) in [7, 11) is 0. The molecule has 6 heteroatoms. The highest BCUT2D eigenvalue weighted by atomic mass is 16.6. The number of esters is 1. The van der Waals surface area contributed by atoms with Crippen LogP contribution in [0, 0.1) is 11.8 Å². The molecule has 0 unspecified atom stereocenters. The van der Waals surface area contributed by atoms with Crippen molar-refractivity contribution in [3.63, 3.8) is 0 Å². The standard InChI is InChI=1S/C26H29NO5/c1-3-31-26(29)24-23-21(14-18(2)32-24)25(28)27(15-19-10-6-4-7-11-19)22(23)17-30-16-20-12-8-5-9-13-20/h4-14,21-24H,3,15-17H2,1-2H3/t21-,22-,23+,24-/m0/s1. The molecule has 32 heavy (non-hydrogen) atoms. The van der Waals surface area contributed by atoms with Gasteiger partial charge >= 0.3 is 5.97 Å². The lowest BCUT2D eigenvalue weighted by Crippen LogP contribution is -2.46. The molecular weight excluding hydrogens is 406 g/mol. The normalized spacial score (nSPS) is 24.5. The summed E-state index contributed by atoms with van der Waals surface area (Å²) in [5.74, 6) is -0.679. The van der Waals surface area contributed by atoms with E-state index in [0.717, 1.165) is 11.1 Å². The minimum atomic E-state index is -0.833. The van der Waals surface area contributed by atoms with Crippen molar-refractivity contribution in [2.75, 3.05) is 13.2 Å². The predicted octanol–water partition coefficient (Wildman–Crippen LogP) is 3.71. The maximum atomic E-state index is 13.5. The molecule has 0 N–H and O–H groups in total. The van der Waals surface area contributed by atoms with E-state index < -0.39 is 18.0 Å². The number of fused-ring (bicyclic) bond motifs is 1. The van der Waals surface area contributed by atoms with E-state index in [1.165, 1.54) is 0 Å². The van der Waals surface area contributed by atoms with Crippen LogP contribution in [0.15, 0.2) is 72.5 Å². The Morgan fingerprint density at radius 2 is 1.69 bits per heavy atom. The second-order valence-corrected chi connectivity index (χ2v) is 8.19. The van der Waals surface area contributed by atoms with E-state index in [9.17, 15) is 9.59 Å². The highest BCUT2D eigenvalue weighted by Gasteiger charge is 2.55. The van der Waals surface area contributed by atoms with Gasteiger partial charge in [-0.15, -0.1) is 0 Å². The van der Waals surface area contributed by atoms with Crippen LogP contribution in [0.5, 0.6) is 0 Å². The van der Waals surface area contributed by atoms with Crippen LogP contribution in [-0.4, -0.2) is 42.1 Å². The topological polar surface area (TPSA) is 65.1 Å². The maximum Gasteiger partial charge on any atom is 0.347 e. The SMILES string of the molecule is CCOC(=O)[C@H]1OC(C)=C[C@@H]2C(=O)N(Cc3ccccc3)[C@@H](COCc3ccccc3)[C@@H]21. The van der Waals surface area contributed by atoms with Crippen LogP contribution in [0.2, 0.25) is 0 Å². The average Bonchev–Trinajstić information content (AvgIpc) is 3.06. The third-order valence-electron chi connectivity index (χ3n) is 6.02. The smallest absolute Gasteiger partial charge is 0.347 e. The Kier molecular flexibility index (Phi) is 6.90. The number of allylic oxidation sites excluding steroid dienone is 1. The van der Waals surface area contributed by atoms with E-state index in [1.54, 1.807) is 13.8 Å². The van der Waals surface area contributed by atoms with Crippen molar-refractivity contribution < 1.29 is 23.8 Å². The molecule has 1 amide bonds. The quantitative estimate of drug-likeness (QED) is 0.592. The number of carbonyl (C=O) groups excluding carboxylic acids is 2. The van der Waals surface area contributed by atoms with Crippen molar-refractivity contribution in [1.82, 2.24) is 4.90 Å². The molecule has 0 aromatic heterocycles. The lowest BCUT2D eigenvalue weighted by molar-refractivity contribution is -0.160. The van der Waals surface area contributed by atoms with Crippen molar-refractivity contribution in [2.45, 2.75) is 39.1 Å². The molecule has 2 aromatic rings. The molecule has 1 fully saturated rings. The second kappa shape index (κ2) is 10.0. The summed E-state index contributed by atoms with van der Waals surface area (Å²) in [5, 5.41) is 0. The molecule has 4 rings (SSSR count). The Morgan fingerprint density at radius 1 is 1.03 bits per heavy atom. The fourth-order valence-corrected chi connectivity index (χ4v) is 4.59. The largest absolute Gasteiger partial charge is 0.483 e. The Morgan fingerprint density at radius 3 is 2.34 bits per heavy atom. The van der Waals surface area contributed by atoms with Gasteiger partial charge in [0.1, 0.15) is 0 Å². The Hall–Kier alpha value is -3.12. The number of amides is 1. The summed E-state index contributed by atoms with van der Waals surface area (Å²) in [6.45, 7) is 4.99. The fraction of sp³-hybridized carbons (Fsp3) is 0.385. The van der Waals surface area contributed by atoms with Gasteiger partial charge in [0.2, 0.25) is 12.0 Å². The summed E-state index contributed by atoms with van der Waals surface area (Å²) >= 11 is 0. The molecule has 0 saturated carbocycles. The highest BCUT2D eigenvalue weighted by molar-refractivity contribution is 5.87. The molecule has 0 radical (unpaired) electrons. The minimum Gasteiger partial charge on any atom is -0.483 e. The molecule has 0 bridgehead atoms. The van der Waals surface area contributed by atoms with Gasteiger partial charge < -0.3 is 19.1 Å². The van der Waals surface area contributed by atoms with E-state index in [1.807, 2.05) is 71.6 Å². The molecule has 4 atom stereocenters. The molecule has 1 saturated heterocycles. The van der Waals surface area contributed by atoms with E-state index in [0.29, 0.717) is 25.5 Å². The van der Waals surface area contributed by atoms with Crippen LogP contribution in [0.25, 0.3) is 0 Å². The van der Waals surface area contributed by atoms with Crippen molar-refractivity contribution >= 4 is 11.9 Å². The number of hydrogen-bond donors (Lipinski definition) is 0. The zero-order valence-electron chi connectivity index (χ0n) is 18.5. The molecule has 2 aliphatic rings. The van der Waals surface area contributed by atoms with Crippen molar-refractivity contribution in [2.24, 2.45) is 11.8 Å². The lowest BCUT2D eigenvalue weighted by Gasteiger charge is -2.34. The number of hydrogen-bond acceptors (Lipinski definition) is 5. The summed E-state index contributed by atoms with van der Waals surface area (Å²) in [4.78, 5) is 28.1. The number of ether oxygens (including phenoxy) is 3. The molecule has 2 aromatic carbocycles. The first kappa shape index (κ1) is 22.1. The Labute approximate surface area is 188 Å². The summed E-state index contributed by atoms with van der Waals surface area (Å²) in [6, 6.07) is 19.4. The van der Waals surface area contributed by atoms with E-state index in [4.69, 9.17) is 14.2 Å². The van der Waals surface area contributed by atoms with Crippen LogP contribution >= 0.6 is 0 Å². The van der Waals surface area contributed by atoms with Gasteiger partial charge in [-0.1, -0.05) is 60.7 Å². The van der Waals surface area contributed by atoms with Gasteiger partial charge in [0.05, 0.1) is 37.5 Å². The highest BCUT2D eigenvalue weighted by Crippen LogP contribution is 2.41. The third kappa shape index (κ3) is 4.70. The first-order valence-corrected chi connectivity index (χ1v) is 11.1. The van der Waals surface area contributed by atoms with Crippen LogP contribution in [0.3, 0.4) is 0 Å². The van der Waals surface area contributed by atoms with Gasteiger partial charge in [0, 0.05) is 12.5 Å². The van der Waals surface area contributed by atoms with Crippen molar-refractivity contribution in [3.05, 3.63) is 83.6 Å². The Bertz CT molecular complexity index is 959. The average molecular weight is 436 g/mol. The van der Waals surface area contributed by atoms with Crippen LogP contribution in [-0.2, 0) is 37.0 Å². The zero-order chi connectivity index (χ0) is 22.5. The number of benzene rings is 2. The van der Waals surface area contributed by atoms with Crippen LogP contribution in [0.1, 0.15) is 25.0 Å². The predicted molar refractivity (Wildman–Crippen MR) is 119 cm³/mol. The van der Waals surface area contributed by atoms with E-state index >= 15 is 0 Å². The zero-order valence-corrected chi connectivity index (χ0v) is 18.5. The molecule has 0 spiro atoms. The van der Waals surface area contributed by atoms with Crippen LogP contribution < -0.4 is 0 Å². The molecule has 2 aliphatic heterocycles. The summed E-state index contributed by atoms with van der Waals surface area (Å²) < 4.78 is 17.3. The van der Waals surface area contributed by atoms with Crippen molar-refractivity contribution in [3.8, 4) is 0 Å². The Balaban J connectivity index is 1.60. The first-order valence-electron chi connectivity index (χ1n) is 11.1. The number of likely N-dealkylation sites (tertiary alicyclic amines) is 1. The number of rotatable bonds is 8. The van der Waals surface area contributed by atoms with Gasteiger partial charge in [-0.3, -0.25) is 4.79 Å². The minimum absolute atomic E-state index is 0.0101. The van der Waals surface area contributed by atoms with E-state index in [-0.39, 0.29) is 24.5 Å².